The lowest BCUT2D eigenvalue weighted by atomic mass is 9.99. The lowest BCUT2D eigenvalue weighted by molar-refractivity contribution is -0.145. The van der Waals surface area contributed by atoms with Gasteiger partial charge in [0, 0.05) is 6.42 Å². The van der Waals surface area contributed by atoms with Gasteiger partial charge in [0.2, 0.25) is 5.91 Å². The third kappa shape index (κ3) is 5.98. The average molecular weight is 291 g/mol. The first kappa shape index (κ1) is 17.2. The summed E-state index contributed by atoms with van der Waals surface area (Å²) in [5, 5.41) is 2.78. The van der Waals surface area contributed by atoms with Gasteiger partial charge in [-0.05, 0) is 11.5 Å². The minimum absolute atomic E-state index is 0.113. The van der Waals surface area contributed by atoms with Crippen molar-refractivity contribution in [1.29, 1.82) is 0 Å². The second-order valence-electron chi connectivity index (χ2n) is 5.39. The van der Waals surface area contributed by atoms with E-state index in [0.717, 1.165) is 24.8 Å². The highest BCUT2D eigenvalue weighted by molar-refractivity contribution is 5.85. The van der Waals surface area contributed by atoms with E-state index in [-0.39, 0.29) is 5.91 Å². The Bertz CT molecular complexity index is 445. The van der Waals surface area contributed by atoms with Crippen LogP contribution in [-0.4, -0.2) is 19.0 Å². The third-order valence-corrected chi connectivity index (χ3v) is 3.46. The molecule has 1 rings (SSSR count). The van der Waals surface area contributed by atoms with Gasteiger partial charge >= 0.3 is 5.97 Å². The fourth-order valence-corrected chi connectivity index (χ4v) is 2.23. The van der Waals surface area contributed by atoms with Crippen LogP contribution in [0.5, 0.6) is 0 Å². The van der Waals surface area contributed by atoms with Crippen LogP contribution in [0.15, 0.2) is 30.3 Å². The monoisotopic (exact) mass is 291 g/mol. The molecule has 0 heterocycles. The molecule has 0 aliphatic carbocycles. The van der Waals surface area contributed by atoms with Gasteiger partial charge in [-0.25, -0.2) is 4.79 Å². The van der Waals surface area contributed by atoms with E-state index in [9.17, 15) is 9.59 Å². The van der Waals surface area contributed by atoms with Gasteiger partial charge in [0.25, 0.3) is 0 Å². The second-order valence-corrected chi connectivity index (χ2v) is 5.39. The van der Waals surface area contributed by atoms with Crippen molar-refractivity contribution in [2.75, 3.05) is 7.11 Å². The van der Waals surface area contributed by atoms with E-state index < -0.39 is 12.0 Å². The van der Waals surface area contributed by atoms with Gasteiger partial charge in [-0.1, -0.05) is 63.4 Å². The number of carbonyl (C=O) groups excluding carboxylic acids is 2. The van der Waals surface area contributed by atoms with Gasteiger partial charge < -0.3 is 10.1 Å². The molecule has 0 aliphatic heterocycles. The van der Waals surface area contributed by atoms with Crippen LogP contribution in [0.1, 0.15) is 51.1 Å². The smallest absolute Gasteiger partial charge is 0.333 e. The Hall–Kier alpha value is -1.84. The number of rotatable bonds is 8. The summed E-state index contributed by atoms with van der Waals surface area (Å²) in [6, 6.07) is 8.42. The Balaban J connectivity index is 2.65. The van der Waals surface area contributed by atoms with Crippen molar-refractivity contribution in [1.82, 2.24) is 5.32 Å². The van der Waals surface area contributed by atoms with Crippen molar-refractivity contribution in [3.63, 3.8) is 0 Å². The zero-order valence-electron chi connectivity index (χ0n) is 13.1. The van der Waals surface area contributed by atoms with Crippen LogP contribution in [0.4, 0.5) is 0 Å². The topological polar surface area (TPSA) is 55.4 Å². The Morgan fingerprint density at radius 2 is 1.90 bits per heavy atom. The molecule has 21 heavy (non-hydrogen) atoms. The van der Waals surface area contributed by atoms with Crippen LogP contribution in [-0.2, 0) is 14.3 Å². The fourth-order valence-electron chi connectivity index (χ4n) is 2.23. The molecule has 0 fully saturated rings. The lowest BCUT2D eigenvalue weighted by Gasteiger charge is -2.18. The Kier molecular flexibility index (Phi) is 7.51. The van der Waals surface area contributed by atoms with Gasteiger partial charge in [-0.2, -0.15) is 0 Å². The number of amides is 1. The summed E-state index contributed by atoms with van der Waals surface area (Å²) in [6.45, 7) is 4.19. The molecule has 1 aromatic carbocycles. The molecular formula is C17H25NO3. The van der Waals surface area contributed by atoms with Gasteiger partial charge in [-0.15, -0.1) is 0 Å². The normalized spacial score (nSPS) is 13.3. The summed E-state index contributed by atoms with van der Waals surface area (Å²) in [4.78, 5) is 24.0. The number of ether oxygens (including phenoxy) is 1. The number of nitrogens with one attached hydrogen (secondary N) is 1. The standard InChI is InChI=1S/C17H25NO3/c1-4-5-9-13(2)12-15(19)18-16(17(20)21-3)14-10-7-6-8-11-14/h6-8,10-11,13,16H,4-5,9,12H2,1-3H3,(H,18,19)/t13-,16-/m1/s1. The van der Waals surface area contributed by atoms with Crippen molar-refractivity contribution in [3.05, 3.63) is 35.9 Å². The Morgan fingerprint density at radius 1 is 1.24 bits per heavy atom. The summed E-state index contributed by atoms with van der Waals surface area (Å²) in [5.41, 5.74) is 0.735. The minimum Gasteiger partial charge on any atom is -0.467 e. The van der Waals surface area contributed by atoms with Crippen molar-refractivity contribution in [2.24, 2.45) is 5.92 Å². The first-order chi connectivity index (χ1) is 10.1. The van der Waals surface area contributed by atoms with Gasteiger partial charge in [0.15, 0.2) is 6.04 Å². The number of methoxy groups -OCH3 is 1. The summed E-state index contributed by atoms with van der Waals surface area (Å²) < 4.78 is 4.78. The highest BCUT2D eigenvalue weighted by Crippen LogP contribution is 2.16. The molecule has 0 saturated carbocycles. The summed E-state index contributed by atoms with van der Waals surface area (Å²) in [5.74, 6) is -0.243. The summed E-state index contributed by atoms with van der Waals surface area (Å²) in [7, 11) is 1.33. The maximum atomic E-state index is 12.1. The molecule has 0 aliphatic rings. The first-order valence-corrected chi connectivity index (χ1v) is 7.50. The van der Waals surface area contributed by atoms with Crippen molar-refractivity contribution >= 4 is 11.9 Å². The fraction of sp³-hybridized carbons (Fsp3) is 0.529. The van der Waals surface area contributed by atoms with Crippen LogP contribution in [0, 0.1) is 5.92 Å². The number of hydrogen-bond acceptors (Lipinski definition) is 3. The van der Waals surface area contributed by atoms with Gasteiger partial charge in [-0.3, -0.25) is 4.79 Å². The summed E-state index contributed by atoms with van der Waals surface area (Å²) >= 11 is 0. The molecule has 1 amide bonds. The number of benzene rings is 1. The zero-order valence-corrected chi connectivity index (χ0v) is 13.1. The molecule has 0 saturated heterocycles. The molecule has 0 aromatic heterocycles. The van der Waals surface area contributed by atoms with Gasteiger partial charge in [0.05, 0.1) is 7.11 Å². The molecule has 2 atom stereocenters. The number of unbranched alkanes of at least 4 members (excludes halogenated alkanes) is 1. The molecule has 0 bridgehead atoms. The molecule has 0 unspecified atom stereocenters. The van der Waals surface area contributed by atoms with Crippen LogP contribution >= 0.6 is 0 Å². The molecular weight excluding hydrogens is 266 g/mol. The van der Waals surface area contributed by atoms with E-state index in [4.69, 9.17) is 4.74 Å². The van der Waals surface area contributed by atoms with Crippen LogP contribution in [0.2, 0.25) is 0 Å². The largest absolute Gasteiger partial charge is 0.467 e. The Morgan fingerprint density at radius 3 is 2.48 bits per heavy atom. The molecule has 1 aromatic rings. The average Bonchev–Trinajstić information content (AvgIpc) is 2.50. The summed E-state index contributed by atoms with van der Waals surface area (Å²) in [6.07, 6.45) is 3.70. The van der Waals surface area contributed by atoms with Crippen molar-refractivity contribution in [2.45, 2.75) is 45.6 Å². The SMILES string of the molecule is CCCC[C@@H](C)CC(=O)N[C@@H](C(=O)OC)c1ccccc1. The highest BCUT2D eigenvalue weighted by Gasteiger charge is 2.23. The van der Waals surface area contributed by atoms with Crippen molar-refractivity contribution < 1.29 is 14.3 Å². The molecule has 0 radical (unpaired) electrons. The minimum atomic E-state index is -0.734. The van der Waals surface area contributed by atoms with Crippen LogP contribution in [0.25, 0.3) is 0 Å². The highest BCUT2D eigenvalue weighted by atomic mass is 16.5. The van der Waals surface area contributed by atoms with Gasteiger partial charge in [0.1, 0.15) is 0 Å². The molecule has 116 valence electrons. The zero-order chi connectivity index (χ0) is 15.7. The van der Waals surface area contributed by atoms with E-state index in [2.05, 4.69) is 19.2 Å². The predicted molar refractivity (Wildman–Crippen MR) is 82.6 cm³/mol. The molecule has 0 spiro atoms. The van der Waals surface area contributed by atoms with Crippen molar-refractivity contribution in [3.8, 4) is 0 Å². The molecule has 4 nitrogen and oxygen atoms in total. The quantitative estimate of drug-likeness (QED) is 0.748. The maximum Gasteiger partial charge on any atom is 0.333 e. The predicted octanol–water partition coefficient (Wildman–Crippen LogP) is 3.23. The second kappa shape index (κ2) is 9.16. The maximum absolute atomic E-state index is 12.1. The molecule has 1 N–H and O–H groups in total. The first-order valence-electron chi connectivity index (χ1n) is 7.50. The van der Waals surface area contributed by atoms with Crippen LogP contribution < -0.4 is 5.32 Å². The van der Waals surface area contributed by atoms with E-state index in [1.54, 1.807) is 0 Å². The lowest BCUT2D eigenvalue weighted by Crippen LogP contribution is -2.35. The van der Waals surface area contributed by atoms with Crippen LogP contribution in [0.3, 0.4) is 0 Å². The van der Waals surface area contributed by atoms with E-state index in [0.29, 0.717) is 12.3 Å². The number of esters is 1. The van der Waals surface area contributed by atoms with E-state index in [1.165, 1.54) is 7.11 Å². The number of carbonyl (C=O) groups is 2. The Labute approximate surface area is 126 Å². The van der Waals surface area contributed by atoms with E-state index in [1.807, 2.05) is 30.3 Å². The van der Waals surface area contributed by atoms with E-state index >= 15 is 0 Å². The third-order valence-electron chi connectivity index (χ3n) is 3.46. The molecule has 4 heteroatoms. The number of hydrogen-bond donors (Lipinski definition) is 1.